The van der Waals surface area contributed by atoms with E-state index in [9.17, 15) is 4.79 Å². The van der Waals surface area contributed by atoms with Crippen LogP contribution in [0.3, 0.4) is 0 Å². The highest BCUT2D eigenvalue weighted by molar-refractivity contribution is 6.43. The second kappa shape index (κ2) is 8.41. The Morgan fingerprint density at radius 1 is 1.08 bits per heavy atom. The lowest BCUT2D eigenvalue weighted by atomic mass is 9.96. The molecule has 25 heavy (non-hydrogen) atoms. The van der Waals surface area contributed by atoms with Crippen LogP contribution in [0.5, 0.6) is 0 Å². The van der Waals surface area contributed by atoms with E-state index in [0.717, 1.165) is 12.8 Å². The van der Waals surface area contributed by atoms with E-state index in [2.05, 4.69) is 20.9 Å². The molecule has 1 saturated carbocycles. The minimum Gasteiger partial charge on any atom is -0.339 e. The Morgan fingerprint density at radius 2 is 1.88 bits per heavy atom. The van der Waals surface area contributed by atoms with Gasteiger partial charge in [-0.1, -0.05) is 48.5 Å². The van der Waals surface area contributed by atoms with Crippen LogP contribution in [0.2, 0.25) is 10.0 Å². The van der Waals surface area contributed by atoms with Crippen molar-refractivity contribution in [3.05, 3.63) is 46.6 Å². The third-order valence-corrected chi connectivity index (χ3v) is 4.99. The van der Waals surface area contributed by atoms with Gasteiger partial charge in [0.1, 0.15) is 5.82 Å². The number of amides is 2. The monoisotopic (exact) mass is 378 g/mol. The van der Waals surface area contributed by atoms with Gasteiger partial charge in [-0.3, -0.25) is 0 Å². The van der Waals surface area contributed by atoms with Crippen LogP contribution in [0.25, 0.3) is 0 Å². The minimum absolute atomic E-state index is 0.188. The fourth-order valence-electron chi connectivity index (χ4n) is 2.88. The van der Waals surface area contributed by atoms with Crippen LogP contribution >= 0.6 is 23.2 Å². The SMILES string of the molecule is O=C(Nc1ccc(Nc2cccc(Cl)c2Cl)nc1)NC1CCCCC1. The van der Waals surface area contributed by atoms with E-state index in [1.165, 1.54) is 19.3 Å². The number of rotatable bonds is 4. The molecule has 1 aromatic heterocycles. The standard InChI is InChI=1S/C18H20Cl2N4O/c19-14-7-4-8-15(17(14)20)24-16-10-9-13(11-21-16)23-18(25)22-12-5-2-1-3-6-12/h4,7-12H,1-3,5-6H2,(H,21,24)(H2,22,23,25). The first-order valence-corrected chi connectivity index (χ1v) is 9.12. The molecule has 0 saturated heterocycles. The zero-order valence-corrected chi connectivity index (χ0v) is 15.2. The summed E-state index contributed by atoms with van der Waals surface area (Å²) in [5.41, 5.74) is 1.31. The zero-order valence-electron chi connectivity index (χ0n) is 13.7. The molecule has 0 atom stereocenters. The van der Waals surface area contributed by atoms with Crippen LogP contribution in [-0.4, -0.2) is 17.1 Å². The quantitative estimate of drug-likeness (QED) is 0.649. The highest BCUT2D eigenvalue weighted by Gasteiger charge is 2.15. The van der Waals surface area contributed by atoms with Crippen molar-refractivity contribution >= 4 is 46.4 Å². The second-order valence-corrected chi connectivity index (χ2v) is 6.88. The van der Waals surface area contributed by atoms with Gasteiger partial charge in [0.25, 0.3) is 0 Å². The fourth-order valence-corrected chi connectivity index (χ4v) is 3.23. The molecule has 0 spiro atoms. The summed E-state index contributed by atoms with van der Waals surface area (Å²) in [6.07, 6.45) is 7.32. The number of carbonyl (C=O) groups is 1. The van der Waals surface area contributed by atoms with Gasteiger partial charge in [0.2, 0.25) is 0 Å². The number of aromatic nitrogens is 1. The van der Waals surface area contributed by atoms with Gasteiger partial charge in [-0.05, 0) is 37.1 Å². The summed E-state index contributed by atoms with van der Waals surface area (Å²) in [4.78, 5) is 16.3. The van der Waals surface area contributed by atoms with E-state index < -0.39 is 0 Å². The van der Waals surface area contributed by atoms with Crippen molar-refractivity contribution in [3.8, 4) is 0 Å². The van der Waals surface area contributed by atoms with Crippen molar-refractivity contribution < 1.29 is 4.79 Å². The maximum absolute atomic E-state index is 12.0. The topological polar surface area (TPSA) is 66.0 Å². The number of nitrogens with zero attached hydrogens (tertiary/aromatic N) is 1. The van der Waals surface area contributed by atoms with Gasteiger partial charge in [-0.2, -0.15) is 0 Å². The lowest BCUT2D eigenvalue weighted by Gasteiger charge is -2.22. The molecule has 7 heteroatoms. The molecule has 0 bridgehead atoms. The molecule has 1 heterocycles. The molecule has 1 fully saturated rings. The normalized spacial score (nSPS) is 14.8. The zero-order chi connectivity index (χ0) is 17.6. The van der Waals surface area contributed by atoms with E-state index in [0.29, 0.717) is 27.2 Å². The number of nitrogens with one attached hydrogen (secondary N) is 3. The molecule has 0 radical (unpaired) electrons. The number of benzene rings is 1. The van der Waals surface area contributed by atoms with Gasteiger partial charge in [-0.15, -0.1) is 0 Å². The van der Waals surface area contributed by atoms with Gasteiger partial charge in [0.15, 0.2) is 0 Å². The van der Waals surface area contributed by atoms with Crippen molar-refractivity contribution in [2.75, 3.05) is 10.6 Å². The summed E-state index contributed by atoms with van der Waals surface area (Å²) >= 11 is 12.1. The Labute approximate surface area is 157 Å². The Hall–Kier alpha value is -1.98. The van der Waals surface area contributed by atoms with E-state index in [1.807, 2.05) is 12.1 Å². The average molecular weight is 379 g/mol. The number of anilines is 3. The highest BCUT2D eigenvalue weighted by atomic mass is 35.5. The van der Waals surface area contributed by atoms with Crippen LogP contribution in [0.15, 0.2) is 36.5 Å². The maximum atomic E-state index is 12.0. The molecule has 3 rings (SSSR count). The average Bonchev–Trinajstić information content (AvgIpc) is 2.61. The van der Waals surface area contributed by atoms with Gasteiger partial charge in [0.05, 0.1) is 27.6 Å². The molecule has 2 amide bonds. The molecule has 5 nitrogen and oxygen atoms in total. The summed E-state index contributed by atoms with van der Waals surface area (Å²) in [5.74, 6) is 0.613. The molecular formula is C18H20Cl2N4O. The highest BCUT2D eigenvalue weighted by Crippen LogP contribution is 2.31. The predicted molar refractivity (Wildman–Crippen MR) is 103 cm³/mol. The third kappa shape index (κ3) is 5.00. The van der Waals surface area contributed by atoms with E-state index in [4.69, 9.17) is 23.2 Å². The number of urea groups is 1. The number of hydrogen-bond acceptors (Lipinski definition) is 3. The second-order valence-electron chi connectivity index (χ2n) is 6.09. The number of carbonyl (C=O) groups excluding carboxylic acids is 1. The van der Waals surface area contributed by atoms with Gasteiger partial charge < -0.3 is 16.0 Å². The lowest BCUT2D eigenvalue weighted by Crippen LogP contribution is -2.39. The molecule has 0 unspecified atom stereocenters. The van der Waals surface area contributed by atoms with E-state index in [1.54, 1.807) is 24.4 Å². The molecule has 1 aromatic carbocycles. The summed E-state index contributed by atoms with van der Waals surface area (Å²) in [6.45, 7) is 0. The first-order chi connectivity index (χ1) is 12.1. The third-order valence-electron chi connectivity index (χ3n) is 4.18. The molecule has 2 aromatic rings. The summed E-state index contributed by atoms with van der Waals surface area (Å²) in [7, 11) is 0. The van der Waals surface area contributed by atoms with Gasteiger partial charge >= 0.3 is 6.03 Å². The number of pyridine rings is 1. The summed E-state index contributed by atoms with van der Waals surface area (Å²) < 4.78 is 0. The Balaban J connectivity index is 1.56. The fraction of sp³-hybridized carbons (Fsp3) is 0.333. The first-order valence-electron chi connectivity index (χ1n) is 8.36. The first kappa shape index (κ1) is 17.8. The molecular weight excluding hydrogens is 359 g/mol. The molecule has 132 valence electrons. The number of hydrogen-bond donors (Lipinski definition) is 3. The number of halogens is 2. The summed E-state index contributed by atoms with van der Waals surface area (Å²) in [6, 6.07) is 8.99. The smallest absolute Gasteiger partial charge is 0.319 e. The Morgan fingerprint density at radius 3 is 2.60 bits per heavy atom. The van der Waals surface area contributed by atoms with E-state index in [-0.39, 0.29) is 12.1 Å². The van der Waals surface area contributed by atoms with Crippen LogP contribution in [0.1, 0.15) is 32.1 Å². The van der Waals surface area contributed by atoms with Crippen LogP contribution in [0, 0.1) is 0 Å². The maximum Gasteiger partial charge on any atom is 0.319 e. The Bertz CT molecular complexity index is 730. The van der Waals surface area contributed by atoms with Crippen molar-refractivity contribution in [2.24, 2.45) is 0 Å². The lowest BCUT2D eigenvalue weighted by molar-refractivity contribution is 0.244. The predicted octanol–water partition coefficient (Wildman–Crippen LogP) is 5.59. The van der Waals surface area contributed by atoms with Crippen LogP contribution in [-0.2, 0) is 0 Å². The van der Waals surface area contributed by atoms with E-state index >= 15 is 0 Å². The Kier molecular flexibility index (Phi) is 6.00. The summed E-state index contributed by atoms with van der Waals surface area (Å²) in [5, 5.41) is 9.85. The van der Waals surface area contributed by atoms with Crippen molar-refractivity contribution in [3.63, 3.8) is 0 Å². The van der Waals surface area contributed by atoms with Crippen LogP contribution < -0.4 is 16.0 Å². The molecule has 3 N–H and O–H groups in total. The minimum atomic E-state index is -0.188. The van der Waals surface area contributed by atoms with Gasteiger partial charge in [0, 0.05) is 6.04 Å². The molecule has 0 aliphatic heterocycles. The van der Waals surface area contributed by atoms with Crippen molar-refractivity contribution in [2.45, 2.75) is 38.1 Å². The molecule has 1 aliphatic carbocycles. The largest absolute Gasteiger partial charge is 0.339 e. The van der Waals surface area contributed by atoms with Crippen molar-refractivity contribution in [1.29, 1.82) is 0 Å². The van der Waals surface area contributed by atoms with Crippen molar-refractivity contribution in [1.82, 2.24) is 10.3 Å². The van der Waals surface area contributed by atoms with Crippen LogP contribution in [0.4, 0.5) is 22.0 Å². The van der Waals surface area contributed by atoms with Gasteiger partial charge in [-0.25, -0.2) is 9.78 Å². The molecule has 1 aliphatic rings.